The summed E-state index contributed by atoms with van der Waals surface area (Å²) in [7, 11) is 0. The molecule has 0 saturated heterocycles. The van der Waals surface area contributed by atoms with Crippen LogP contribution in [0.5, 0.6) is 5.75 Å². The maximum atomic E-state index is 12.3. The minimum Gasteiger partial charge on any atom is -0.493 e. The van der Waals surface area contributed by atoms with Crippen LogP contribution < -0.4 is 10.1 Å². The zero-order valence-electron chi connectivity index (χ0n) is 12.8. The molecule has 0 spiro atoms. The van der Waals surface area contributed by atoms with Crippen LogP contribution in [0.1, 0.15) is 49.9 Å². The molecule has 0 bridgehead atoms. The van der Waals surface area contributed by atoms with E-state index in [1.807, 2.05) is 12.1 Å². The second-order valence-electron chi connectivity index (χ2n) is 6.16. The van der Waals surface area contributed by atoms with Crippen molar-refractivity contribution in [2.75, 3.05) is 6.61 Å². The van der Waals surface area contributed by atoms with E-state index in [1.54, 1.807) is 12.1 Å². The third kappa shape index (κ3) is 4.74. The summed E-state index contributed by atoms with van der Waals surface area (Å²) in [4.78, 5) is 12.3. The molecule has 1 fully saturated rings. The van der Waals surface area contributed by atoms with Crippen molar-refractivity contribution in [2.24, 2.45) is 5.92 Å². The topological polar surface area (TPSA) is 58.6 Å². The molecular formula is C17H25NO3. The van der Waals surface area contributed by atoms with Crippen molar-refractivity contribution in [2.45, 2.75) is 51.7 Å². The molecule has 0 aromatic heterocycles. The van der Waals surface area contributed by atoms with Crippen LogP contribution in [0.2, 0.25) is 0 Å². The molecule has 0 heterocycles. The lowest BCUT2D eigenvalue weighted by molar-refractivity contribution is 0.0717. The molecule has 2 atom stereocenters. The smallest absolute Gasteiger partial charge is 0.251 e. The Morgan fingerprint density at radius 3 is 2.86 bits per heavy atom. The summed E-state index contributed by atoms with van der Waals surface area (Å²) >= 11 is 0. The molecule has 2 rings (SSSR count). The fourth-order valence-electron chi connectivity index (χ4n) is 2.52. The van der Waals surface area contributed by atoms with E-state index < -0.39 is 6.10 Å². The SMILES string of the molecule is CC(C)COc1cccc(C(=O)NC2CCCCC2O)c1. The molecule has 1 aromatic rings. The number of aliphatic hydroxyl groups excluding tert-OH is 1. The third-order valence-corrected chi connectivity index (χ3v) is 3.73. The van der Waals surface area contributed by atoms with Gasteiger partial charge in [0.2, 0.25) is 0 Å². The van der Waals surface area contributed by atoms with Crippen LogP contribution in [-0.2, 0) is 0 Å². The van der Waals surface area contributed by atoms with Gasteiger partial charge in [0.1, 0.15) is 5.75 Å². The lowest BCUT2D eigenvalue weighted by atomic mass is 9.92. The van der Waals surface area contributed by atoms with E-state index in [0.717, 1.165) is 25.7 Å². The molecule has 0 aliphatic heterocycles. The van der Waals surface area contributed by atoms with Crippen LogP contribution in [0.15, 0.2) is 24.3 Å². The van der Waals surface area contributed by atoms with Gasteiger partial charge in [0.05, 0.1) is 18.8 Å². The minimum absolute atomic E-state index is 0.133. The molecule has 2 unspecified atom stereocenters. The zero-order valence-corrected chi connectivity index (χ0v) is 12.8. The highest BCUT2D eigenvalue weighted by atomic mass is 16.5. The van der Waals surface area contributed by atoms with E-state index in [0.29, 0.717) is 23.8 Å². The van der Waals surface area contributed by atoms with Crippen LogP contribution >= 0.6 is 0 Å². The molecule has 1 aliphatic carbocycles. The Morgan fingerprint density at radius 2 is 2.14 bits per heavy atom. The Kier molecular flexibility index (Phi) is 5.62. The van der Waals surface area contributed by atoms with Crippen molar-refractivity contribution in [3.8, 4) is 5.75 Å². The largest absolute Gasteiger partial charge is 0.493 e. The second kappa shape index (κ2) is 7.46. The molecule has 21 heavy (non-hydrogen) atoms. The normalized spacial score (nSPS) is 22.1. The van der Waals surface area contributed by atoms with Gasteiger partial charge >= 0.3 is 0 Å². The standard InChI is InChI=1S/C17H25NO3/c1-12(2)11-21-14-7-5-6-13(10-14)17(20)18-15-8-3-4-9-16(15)19/h5-7,10,12,15-16,19H,3-4,8-9,11H2,1-2H3,(H,18,20). The van der Waals surface area contributed by atoms with Crippen molar-refractivity contribution in [3.63, 3.8) is 0 Å². The lowest BCUT2D eigenvalue weighted by Gasteiger charge is -2.28. The maximum Gasteiger partial charge on any atom is 0.251 e. The van der Waals surface area contributed by atoms with Gasteiger partial charge in [-0.1, -0.05) is 32.8 Å². The summed E-state index contributed by atoms with van der Waals surface area (Å²) in [6.07, 6.45) is 3.27. The van der Waals surface area contributed by atoms with Crippen LogP contribution in [0, 0.1) is 5.92 Å². The highest BCUT2D eigenvalue weighted by molar-refractivity contribution is 5.94. The average molecular weight is 291 g/mol. The summed E-state index contributed by atoms with van der Waals surface area (Å²) < 4.78 is 5.64. The molecule has 4 nitrogen and oxygen atoms in total. The fourth-order valence-corrected chi connectivity index (χ4v) is 2.52. The van der Waals surface area contributed by atoms with Crippen molar-refractivity contribution in [1.29, 1.82) is 0 Å². The van der Waals surface area contributed by atoms with E-state index >= 15 is 0 Å². The molecule has 2 N–H and O–H groups in total. The fraction of sp³-hybridized carbons (Fsp3) is 0.588. The first kappa shape index (κ1) is 15.8. The second-order valence-corrected chi connectivity index (χ2v) is 6.16. The monoisotopic (exact) mass is 291 g/mol. The van der Waals surface area contributed by atoms with Crippen molar-refractivity contribution < 1.29 is 14.6 Å². The van der Waals surface area contributed by atoms with Crippen LogP contribution in [0.25, 0.3) is 0 Å². The maximum absolute atomic E-state index is 12.3. The van der Waals surface area contributed by atoms with Gasteiger partial charge in [-0.3, -0.25) is 4.79 Å². The average Bonchev–Trinajstić information content (AvgIpc) is 2.48. The summed E-state index contributed by atoms with van der Waals surface area (Å²) in [5.41, 5.74) is 0.578. The number of rotatable bonds is 5. The Labute approximate surface area is 126 Å². The van der Waals surface area contributed by atoms with Gasteiger partial charge in [-0.15, -0.1) is 0 Å². The molecule has 1 saturated carbocycles. The first-order valence-electron chi connectivity index (χ1n) is 7.78. The summed E-state index contributed by atoms with van der Waals surface area (Å²) in [5, 5.41) is 12.9. The molecule has 116 valence electrons. The highest BCUT2D eigenvalue weighted by Crippen LogP contribution is 2.19. The molecule has 1 aliphatic rings. The molecule has 1 amide bonds. The zero-order chi connectivity index (χ0) is 15.2. The number of carbonyl (C=O) groups excluding carboxylic acids is 1. The number of aliphatic hydroxyl groups is 1. The first-order valence-corrected chi connectivity index (χ1v) is 7.78. The van der Waals surface area contributed by atoms with Crippen LogP contribution in [0.3, 0.4) is 0 Å². The Hall–Kier alpha value is -1.55. The van der Waals surface area contributed by atoms with Gasteiger partial charge in [-0.25, -0.2) is 0 Å². The molecular weight excluding hydrogens is 266 g/mol. The van der Waals surface area contributed by atoms with Gasteiger partial charge in [-0.05, 0) is 37.0 Å². The summed E-state index contributed by atoms with van der Waals surface area (Å²) in [6.45, 7) is 4.80. The van der Waals surface area contributed by atoms with Crippen molar-refractivity contribution >= 4 is 5.91 Å². The Bertz CT molecular complexity index is 473. The third-order valence-electron chi connectivity index (χ3n) is 3.73. The van der Waals surface area contributed by atoms with Crippen LogP contribution in [-0.4, -0.2) is 29.8 Å². The van der Waals surface area contributed by atoms with E-state index in [4.69, 9.17) is 4.74 Å². The Morgan fingerprint density at radius 1 is 1.38 bits per heavy atom. The van der Waals surface area contributed by atoms with E-state index in [1.165, 1.54) is 0 Å². The van der Waals surface area contributed by atoms with E-state index in [2.05, 4.69) is 19.2 Å². The number of carbonyl (C=O) groups is 1. The molecule has 4 heteroatoms. The summed E-state index contributed by atoms with van der Waals surface area (Å²) in [5.74, 6) is 1.01. The first-order chi connectivity index (χ1) is 10.1. The van der Waals surface area contributed by atoms with Gasteiger partial charge in [-0.2, -0.15) is 0 Å². The summed E-state index contributed by atoms with van der Waals surface area (Å²) in [6, 6.07) is 7.07. The number of benzene rings is 1. The van der Waals surface area contributed by atoms with Gasteiger partial charge < -0.3 is 15.2 Å². The predicted octanol–water partition coefficient (Wildman–Crippen LogP) is 2.75. The number of ether oxygens (including phenoxy) is 1. The predicted molar refractivity (Wildman–Crippen MR) is 82.5 cm³/mol. The van der Waals surface area contributed by atoms with Crippen molar-refractivity contribution in [1.82, 2.24) is 5.32 Å². The van der Waals surface area contributed by atoms with Gasteiger partial charge in [0, 0.05) is 5.56 Å². The van der Waals surface area contributed by atoms with Crippen molar-refractivity contribution in [3.05, 3.63) is 29.8 Å². The lowest BCUT2D eigenvalue weighted by Crippen LogP contribution is -2.45. The molecule has 1 aromatic carbocycles. The quantitative estimate of drug-likeness (QED) is 0.877. The number of nitrogens with one attached hydrogen (secondary N) is 1. The highest BCUT2D eigenvalue weighted by Gasteiger charge is 2.24. The number of amides is 1. The van der Waals surface area contributed by atoms with Crippen LogP contribution in [0.4, 0.5) is 0 Å². The number of hydrogen-bond donors (Lipinski definition) is 2. The van der Waals surface area contributed by atoms with E-state index in [-0.39, 0.29) is 11.9 Å². The van der Waals surface area contributed by atoms with Gasteiger partial charge in [0.15, 0.2) is 0 Å². The van der Waals surface area contributed by atoms with E-state index in [9.17, 15) is 9.90 Å². The number of hydrogen-bond acceptors (Lipinski definition) is 3. The van der Waals surface area contributed by atoms with Gasteiger partial charge in [0.25, 0.3) is 5.91 Å². The Balaban J connectivity index is 1.96. The molecule has 0 radical (unpaired) electrons. The minimum atomic E-state index is -0.428.